The molecular formula is C20H13F3N2Si. The minimum absolute atomic E-state index is 0.171. The first kappa shape index (κ1) is 15.1. The summed E-state index contributed by atoms with van der Waals surface area (Å²) in [6.07, 6.45) is 2.19. The van der Waals surface area contributed by atoms with E-state index in [1.165, 1.54) is 12.1 Å². The predicted octanol–water partition coefficient (Wildman–Crippen LogP) is 3.62. The molecule has 2 nitrogen and oxygen atoms in total. The van der Waals surface area contributed by atoms with Gasteiger partial charge in [-0.3, -0.25) is 0 Å². The zero-order valence-corrected chi connectivity index (χ0v) is 14.5. The minimum atomic E-state index is -8.21. The van der Waals surface area contributed by atoms with Crippen molar-refractivity contribution in [3.8, 4) is 11.5 Å². The molecule has 0 saturated heterocycles. The van der Waals surface area contributed by atoms with Crippen molar-refractivity contribution in [1.29, 1.82) is 0 Å². The van der Waals surface area contributed by atoms with Gasteiger partial charge in [0.15, 0.2) is 0 Å². The van der Waals surface area contributed by atoms with Crippen LogP contribution in [0.2, 0.25) is 0 Å². The van der Waals surface area contributed by atoms with E-state index >= 15 is 12.3 Å². The molecule has 0 atom stereocenters. The number of benzene rings is 2. The van der Waals surface area contributed by atoms with Crippen LogP contribution in [0.1, 0.15) is 5.56 Å². The van der Waals surface area contributed by atoms with Crippen LogP contribution >= 0.6 is 0 Å². The van der Waals surface area contributed by atoms with E-state index in [1.807, 2.05) is 5.54 Å². The van der Waals surface area contributed by atoms with Crippen LogP contribution < -0.4 is 8.47 Å². The third-order valence-electron chi connectivity index (χ3n) is 4.95. The van der Waals surface area contributed by atoms with Crippen molar-refractivity contribution in [2.75, 3.05) is 0 Å². The Morgan fingerprint density at radius 1 is 0.654 bits per heavy atom. The summed E-state index contributed by atoms with van der Waals surface area (Å²) in [5, 5.41) is 1.10. The summed E-state index contributed by atoms with van der Waals surface area (Å²) in [6.45, 7) is 0. The Kier molecular flexibility index (Phi) is 2.41. The molecule has 2 aromatic heterocycles. The molecule has 0 radical (unpaired) electrons. The van der Waals surface area contributed by atoms with Crippen molar-refractivity contribution in [3.63, 3.8) is 0 Å². The van der Waals surface area contributed by atoms with Crippen molar-refractivity contribution in [1.82, 2.24) is 0 Å². The monoisotopic (exact) mass is 366 g/mol. The van der Waals surface area contributed by atoms with Crippen LogP contribution in [0.4, 0.5) is 12.3 Å². The van der Waals surface area contributed by atoms with E-state index < -0.39 is 7.95 Å². The Hall–Kier alpha value is -3.17. The Balaban J connectivity index is 1.98. The zero-order chi connectivity index (χ0) is 18.1. The maximum absolute atomic E-state index is 16.3. The van der Waals surface area contributed by atoms with Crippen LogP contribution in [0, 0.1) is 11.5 Å². The van der Waals surface area contributed by atoms with Crippen molar-refractivity contribution < 1.29 is 20.8 Å². The molecule has 0 spiro atoms. The second-order valence-electron chi connectivity index (χ2n) is 6.64. The molecule has 1 aliphatic rings. The number of rotatable bonds is 0. The molecule has 0 N–H and O–H groups in total. The molecule has 1 aliphatic heterocycles. The van der Waals surface area contributed by atoms with Crippen LogP contribution in [0.5, 0.6) is 0 Å². The molecule has 26 heavy (non-hydrogen) atoms. The second-order valence-corrected chi connectivity index (χ2v) is 10.5. The molecule has 0 bridgehead atoms. The normalized spacial score (nSPS) is 20.6. The molecule has 5 rings (SSSR count). The van der Waals surface area contributed by atoms with E-state index in [0.717, 1.165) is 12.4 Å². The predicted molar refractivity (Wildman–Crippen MR) is 95.0 cm³/mol. The third-order valence-corrected chi connectivity index (χ3v) is 8.34. The molecule has 3 heterocycles. The summed E-state index contributed by atoms with van der Waals surface area (Å²) < 4.78 is 49.9. The summed E-state index contributed by atoms with van der Waals surface area (Å²) in [5.41, 5.74) is 2.51. The second kappa shape index (κ2) is 4.14. The summed E-state index contributed by atoms with van der Waals surface area (Å²) in [6, 6.07) is 18.0. The van der Waals surface area contributed by atoms with E-state index in [2.05, 4.69) is 5.92 Å². The topological polar surface area (TPSA) is 7.76 Å². The zero-order valence-electron chi connectivity index (χ0n) is 13.5. The standard InChI is InChI=1S/C20H13F3N2Si/c21-26(22,23,15-12-16-6-2-1-3-7-16)24-13-4-8-17-10-11-18-9-5-14-25(26)20(18)19(17)24/h1-11,13-14H. The van der Waals surface area contributed by atoms with Crippen LogP contribution in [0.15, 0.2) is 79.1 Å². The fourth-order valence-electron chi connectivity index (χ4n) is 3.73. The van der Waals surface area contributed by atoms with Gasteiger partial charge in [-0.1, -0.05) is 0 Å². The fraction of sp³-hybridized carbons (Fsp3) is 0. The van der Waals surface area contributed by atoms with Crippen molar-refractivity contribution in [3.05, 3.63) is 84.7 Å². The molecule has 6 heteroatoms. The molecule has 0 fully saturated rings. The molecule has 0 aliphatic carbocycles. The number of aromatic nitrogens is 2. The first-order valence-electron chi connectivity index (χ1n) is 8.21. The summed E-state index contributed by atoms with van der Waals surface area (Å²) in [7, 11) is -8.21. The van der Waals surface area contributed by atoms with Crippen molar-refractivity contribution in [2.24, 2.45) is 0 Å². The quantitative estimate of drug-likeness (QED) is 0.194. The molecule has 4 aromatic rings. The van der Waals surface area contributed by atoms with Gasteiger partial charge in [0, 0.05) is 0 Å². The maximum atomic E-state index is 16.3. The van der Waals surface area contributed by atoms with E-state index in [4.69, 9.17) is 0 Å². The Labute approximate surface area is 147 Å². The van der Waals surface area contributed by atoms with Gasteiger partial charge in [-0.2, -0.15) is 0 Å². The molecule has 2 aromatic carbocycles. The van der Waals surface area contributed by atoms with Gasteiger partial charge < -0.3 is 0 Å². The van der Waals surface area contributed by atoms with Gasteiger partial charge in [-0.05, 0) is 0 Å². The molecule has 0 unspecified atom stereocenters. The fourth-order valence-corrected chi connectivity index (χ4v) is 6.80. The van der Waals surface area contributed by atoms with Gasteiger partial charge in [0.2, 0.25) is 0 Å². The van der Waals surface area contributed by atoms with Gasteiger partial charge in [-0.25, -0.2) is 0 Å². The average molecular weight is 366 g/mol. The Bertz CT molecular complexity index is 1240. The molecule has 0 amide bonds. The first-order chi connectivity index (χ1) is 12.3. The molecular weight excluding hydrogens is 353 g/mol. The third kappa shape index (κ3) is 1.68. The van der Waals surface area contributed by atoms with E-state index in [9.17, 15) is 0 Å². The van der Waals surface area contributed by atoms with Crippen molar-refractivity contribution in [2.45, 2.75) is 0 Å². The van der Waals surface area contributed by atoms with Gasteiger partial charge in [0.1, 0.15) is 0 Å². The van der Waals surface area contributed by atoms with Crippen molar-refractivity contribution >= 4 is 29.8 Å². The van der Waals surface area contributed by atoms with E-state index in [0.29, 0.717) is 24.8 Å². The number of halogens is 3. The van der Waals surface area contributed by atoms with Crippen LogP contribution in [0.25, 0.3) is 21.8 Å². The molecule has 0 saturated carbocycles. The van der Waals surface area contributed by atoms with Crippen LogP contribution in [-0.4, -0.2) is 7.95 Å². The summed E-state index contributed by atoms with van der Waals surface area (Å²) in [5.74, 6) is 2.38. The van der Waals surface area contributed by atoms with Gasteiger partial charge in [-0.15, -0.1) is 0 Å². The van der Waals surface area contributed by atoms with Crippen LogP contribution in [-0.2, 0) is 0 Å². The van der Waals surface area contributed by atoms with Gasteiger partial charge in [0.25, 0.3) is 0 Å². The summed E-state index contributed by atoms with van der Waals surface area (Å²) in [4.78, 5) is 0. The Morgan fingerprint density at radius 3 is 1.73 bits per heavy atom. The number of hydrogen-bond donors (Lipinski definition) is 0. The first-order valence-corrected chi connectivity index (χ1v) is 10.7. The SMILES string of the molecule is F[Si-2]1(F)(F)(C#Cc2ccccc2)[n+]2cccc3ccc4ccc[n+]1c4c32. The number of pyridine rings is 2. The summed E-state index contributed by atoms with van der Waals surface area (Å²) >= 11 is 0. The van der Waals surface area contributed by atoms with E-state index in [1.54, 1.807) is 54.6 Å². The number of nitrogens with zero attached hydrogens (tertiary/aromatic N) is 2. The Morgan fingerprint density at radius 2 is 1.19 bits per heavy atom. The van der Waals surface area contributed by atoms with Gasteiger partial charge in [0.05, 0.1) is 0 Å². The van der Waals surface area contributed by atoms with E-state index in [-0.39, 0.29) is 11.0 Å². The van der Waals surface area contributed by atoms with Crippen LogP contribution in [0.3, 0.4) is 0 Å². The average Bonchev–Trinajstić information content (AvgIpc) is 2.84. The molecule has 128 valence electrons. The number of hydrogen-bond acceptors (Lipinski definition) is 0. The van der Waals surface area contributed by atoms with Gasteiger partial charge >= 0.3 is 147 Å².